The molecular formula is C53H32N4S. The van der Waals surface area contributed by atoms with Crippen LogP contribution in [0.3, 0.4) is 0 Å². The van der Waals surface area contributed by atoms with E-state index in [1.54, 1.807) is 0 Å². The lowest BCUT2D eigenvalue weighted by Gasteiger charge is -2.40. The van der Waals surface area contributed by atoms with Crippen molar-refractivity contribution in [1.82, 2.24) is 15.0 Å². The first-order valence-electron chi connectivity index (χ1n) is 19.3. The lowest BCUT2D eigenvalue weighted by molar-refractivity contribution is 0.723. The zero-order chi connectivity index (χ0) is 38.6. The zero-order valence-electron chi connectivity index (χ0n) is 31.2. The number of hydrogen-bond donors (Lipinski definition) is 0. The van der Waals surface area contributed by atoms with Crippen molar-refractivity contribution in [2.45, 2.75) is 15.2 Å². The van der Waals surface area contributed by atoms with Gasteiger partial charge in [0.25, 0.3) is 0 Å². The Balaban J connectivity index is 1.10. The van der Waals surface area contributed by atoms with Gasteiger partial charge in [0.05, 0.1) is 17.0 Å². The molecule has 1 aromatic heterocycles. The lowest BCUT2D eigenvalue weighted by atomic mass is 9.67. The molecule has 1 aliphatic heterocycles. The van der Waals surface area contributed by atoms with E-state index in [0.29, 0.717) is 23.0 Å². The molecule has 270 valence electrons. The minimum atomic E-state index is -0.553. The SMILES string of the molecule is N#Cc1ccc(-c2ccc3c(c2)C2(c4ccccc4Sc4ccccc42)c2cc(-c4cccc(-c5nc(-c6ccccc6)nc(-c6ccccc6)n5)c4)ccc2-3)cc1. The average molecular weight is 757 g/mol. The number of fused-ring (bicyclic) bond motifs is 9. The van der Waals surface area contributed by atoms with Gasteiger partial charge in [0.1, 0.15) is 0 Å². The second-order valence-electron chi connectivity index (χ2n) is 14.7. The molecule has 0 amide bonds. The van der Waals surface area contributed by atoms with Gasteiger partial charge in [-0.2, -0.15) is 5.26 Å². The molecule has 2 aliphatic rings. The smallest absolute Gasteiger partial charge is 0.164 e. The van der Waals surface area contributed by atoms with Gasteiger partial charge in [-0.1, -0.05) is 163 Å². The summed E-state index contributed by atoms with van der Waals surface area (Å²) in [6.07, 6.45) is 0. The summed E-state index contributed by atoms with van der Waals surface area (Å²) in [5.41, 5.74) is 14.9. The maximum atomic E-state index is 9.50. The molecule has 0 saturated heterocycles. The molecule has 0 bridgehead atoms. The minimum absolute atomic E-state index is 0.553. The summed E-state index contributed by atoms with van der Waals surface area (Å²) >= 11 is 1.85. The predicted molar refractivity (Wildman–Crippen MR) is 233 cm³/mol. The van der Waals surface area contributed by atoms with Crippen LogP contribution in [-0.2, 0) is 5.41 Å². The number of benzene rings is 8. The highest BCUT2D eigenvalue weighted by Gasteiger charge is 2.50. The first-order chi connectivity index (χ1) is 28.7. The summed E-state index contributed by atoms with van der Waals surface area (Å²) in [5.74, 6) is 1.90. The molecule has 1 spiro atoms. The Morgan fingerprint density at radius 1 is 0.362 bits per heavy atom. The standard InChI is InChI=1S/C53H32N4S/c54-33-34-22-24-35(25-23-34)39-26-28-42-43-29-27-40(32-47(43)53(46(42)31-39)44-18-7-9-20-48(44)58-49-21-10-8-19-45(49)53)38-16-11-17-41(30-38)52-56-50(36-12-3-1-4-13-36)55-51(57-52)37-14-5-2-6-15-37/h1-32H. The van der Waals surface area contributed by atoms with Crippen LogP contribution in [0.4, 0.5) is 0 Å². The van der Waals surface area contributed by atoms with Crippen molar-refractivity contribution in [3.05, 3.63) is 222 Å². The van der Waals surface area contributed by atoms with E-state index in [0.717, 1.165) is 38.9 Å². The second-order valence-corrected chi connectivity index (χ2v) is 15.8. The third-order valence-corrected chi connectivity index (χ3v) is 12.6. The molecule has 0 N–H and O–H groups in total. The molecular weight excluding hydrogens is 725 g/mol. The quantitative estimate of drug-likeness (QED) is 0.175. The van der Waals surface area contributed by atoms with Crippen molar-refractivity contribution in [2.24, 2.45) is 0 Å². The summed E-state index contributed by atoms with van der Waals surface area (Å²) in [5, 5.41) is 9.50. The van der Waals surface area contributed by atoms with Crippen molar-refractivity contribution in [3.63, 3.8) is 0 Å². The number of nitrogens with zero attached hydrogens (tertiary/aromatic N) is 4. The van der Waals surface area contributed by atoms with Crippen LogP contribution in [0, 0.1) is 11.3 Å². The summed E-state index contributed by atoms with van der Waals surface area (Å²) in [6.45, 7) is 0. The maximum absolute atomic E-state index is 9.50. The third kappa shape index (κ3) is 5.42. The molecule has 0 fully saturated rings. The van der Waals surface area contributed by atoms with Crippen LogP contribution in [0.25, 0.3) is 67.5 Å². The first kappa shape index (κ1) is 33.9. The van der Waals surface area contributed by atoms with Crippen molar-refractivity contribution >= 4 is 11.8 Å². The monoisotopic (exact) mass is 756 g/mol. The Hall–Kier alpha value is -7.39. The van der Waals surface area contributed by atoms with Gasteiger partial charge in [-0.05, 0) is 98.1 Å². The zero-order valence-corrected chi connectivity index (χ0v) is 32.0. The van der Waals surface area contributed by atoms with E-state index in [9.17, 15) is 5.26 Å². The highest BCUT2D eigenvalue weighted by molar-refractivity contribution is 7.99. The fraction of sp³-hybridized carbons (Fsp3) is 0.0189. The molecule has 0 saturated carbocycles. The minimum Gasteiger partial charge on any atom is -0.208 e. The lowest BCUT2D eigenvalue weighted by Crippen LogP contribution is -2.32. The molecule has 2 heterocycles. The Labute approximate surface area is 341 Å². The van der Waals surface area contributed by atoms with Gasteiger partial charge in [0.15, 0.2) is 17.5 Å². The summed E-state index contributed by atoms with van der Waals surface area (Å²) < 4.78 is 0. The molecule has 11 rings (SSSR count). The van der Waals surface area contributed by atoms with E-state index in [-0.39, 0.29) is 0 Å². The predicted octanol–water partition coefficient (Wildman–Crippen LogP) is 12.9. The topological polar surface area (TPSA) is 62.5 Å². The normalized spacial score (nSPS) is 12.9. The number of rotatable bonds is 5. The highest BCUT2D eigenvalue weighted by Crippen LogP contribution is 2.63. The van der Waals surface area contributed by atoms with Crippen LogP contribution in [-0.4, -0.2) is 15.0 Å². The molecule has 9 aromatic rings. The van der Waals surface area contributed by atoms with Crippen molar-refractivity contribution in [2.75, 3.05) is 0 Å². The average Bonchev–Trinajstić information content (AvgIpc) is 3.58. The maximum Gasteiger partial charge on any atom is 0.164 e. The largest absolute Gasteiger partial charge is 0.208 e. The second kappa shape index (κ2) is 13.7. The van der Waals surface area contributed by atoms with E-state index in [2.05, 4.69) is 127 Å². The molecule has 0 radical (unpaired) electrons. The third-order valence-electron chi connectivity index (χ3n) is 11.4. The summed E-state index contributed by atoms with van der Waals surface area (Å²) in [4.78, 5) is 17.5. The van der Waals surface area contributed by atoms with Gasteiger partial charge in [-0.25, -0.2) is 15.0 Å². The van der Waals surface area contributed by atoms with Crippen LogP contribution < -0.4 is 0 Å². The summed E-state index contributed by atoms with van der Waals surface area (Å²) in [7, 11) is 0. The van der Waals surface area contributed by atoms with E-state index >= 15 is 0 Å². The number of nitriles is 1. The van der Waals surface area contributed by atoms with Crippen molar-refractivity contribution < 1.29 is 0 Å². The molecule has 1 aliphatic carbocycles. The first-order valence-corrected chi connectivity index (χ1v) is 20.1. The molecule has 58 heavy (non-hydrogen) atoms. The van der Waals surface area contributed by atoms with Crippen LogP contribution in [0.2, 0.25) is 0 Å². The van der Waals surface area contributed by atoms with E-state index < -0.39 is 5.41 Å². The number of hydrogen-bond acceptors (Lipinski definition) is 5. The molecule has 0 unspecified atom stereocenters. The van der Waals surface area contributed by atoms with Crippen LogP contribution in [0.5, 0.6) is 0 Å². The Bertz CT molecular complexity index is 2990. The Morgan fingerprint density at radius 3 is 1.34 bits per heavy atom. The fourth-order valence-corrected chi connectivity index (χ4v) is 9.96. The number of aromatic nitrogens is 3. The van der Waals surface area contributed by atoms with Gasteiger partial charge in [-0.15, -0.1) is 0 Å². The van der Waals surface area contributed by atoms with E-state index in [4.69, 9.17) is 15.0 Å². The van der Waals surface area contributed by atoms with Gasteiger partial charge in [0, 0.05) is 26.5 Å². The van der Waals surface area contributed by atoms with Crippen LogP contribution in [0.1, 0.15) is 27.8 Å². The molecule has 4 nitrogen and oxygen atoms in total. The van der Waals surface area contributed by atoms with Crippen LogP contribution in [0.15, 0.2) is 204 Å². The molecule has 0 atom stereocenters. The van der Waals surface area contributed by atoms with Gasteiger partial charge in [-0.3, -0.25) is 0 Å². The van der Waals surface area contributed by atoms with E-state index in [1.807, 2.05) is 84.6 Å². The Kier molecular flexibility index (Phi) is 7.99. The molecule has 8 aromatic carbocycles. The highest BCUT2D eigenvalue weighted by atomic mass is 32.2. The molecule has 5 heteroatoms. The van der Waals surface area contributed by atoms with Gasteiger partial charge < -0.3 is 0 Å². The van der Waals surface area contributed by atoms with Gasteiger partial charge in [0.2, 0.25) is 0 Å². The van der Waals surface area contributed by atoms with Crippen molar-refractivity contribution in [1.29, 1.82) is 5.26 Å². The van der Waals surface area contributed by atoms with Crippen LogP contribution >= 0.6 is 11.8 Å². The summed E-state index contributed by atoms with van der Waals surface area (Å²) in [6, 6.07) is 70.6. The van der Waals surface area contributed by atoms with Gasteiger partial charge >= 0.3 is 0 Å². The fourth-order valence-electron chi connectivity index (χ4n) is 8.77. The van der Waals surface area contributed by atoms with Crippen molar-refractivity contribution in [3.8, 4) is 73.6 Å². The Morgan fingerprint density at radius 2 is 0.793 bits per heavy atom. The van der Waals surface area contributed by atoms with E-state index in [1.165, 1.54) is 43.2 Å².